The van der Waals surface area contributed by atoms with E-state index in [0.717, 1.165) is 13.1 Å². The van der Waals surface area contributed by atoms with Gasteiger partial charge in [-0.15, -0.1) is 0 Å². The molecule has 2 heterocycles. The van der Waals surface area contributed by atoms with Gasteiger partial charge in [-0.25, -0.2) is 0 Å². The lowest BCUT2D eigenvalue weighted by Crippen LogP contribution is -2.46. The van der Waals surface area contributed by atoms with Crippen molar-refractivity contribution < 1.29 is 9.59 Å². The fraction of sp³-hybridized carbons (Fsp3) is 0.364. The molecule has 0 spiro atoms. The van der Waals surface area contributed by atoms with E-state index in [9.17, 15) is 9.59 Å². The standard InChI is InChI=1S/C11H14N4O2/c12-10(16)9-2-1-8(7-14-9)11(17)15-5-3-13-4-6-15/h1-2,7,13H,3-6H2,(H2,12,16). The molecule has 6 heteroatoms. The van der Waals surface area contributed by atoms with Crippen LogP contribution in [0.15, 0.2) is 18.3 Å². The summed E-state index contributed by atoms with van der Waals surface area (Å²) in [5.74, 6) is -0.652. The summed E-state index contributed by atoms with van der Waals surface area (Å²) in [6, 6.07) is 3.05. The van der Waals surface area contributed by atoms with Gasteiger partial charge >= 0.3 is 0 Å². The van der Waals surface area contributed by atoms with E-state index in [4.69, 9.17) is 5.73 Å². The third-order valence-electron chi connectivity index (χ3n) is 2.67. The number of nitrogens with one attached hydrogen (secondary N) is 1. The molecule has 2 rings (SSSR count). The molecule has 3 N–H and O–H groups in total. The third kappa shape index (κ3) is 2.59. The van der Waals surface area contributed by atoms with Gasteiger partial charge < -0.3 is 16.0 Å². The Labute approximate surface area is 98.8 Å². The van der Waals surface area contributed by atoms with Gasteiger partial charge in [0.25, 0.3) is 11.8 Å². The van der Waals surface area contributed by atoms with Crippen LogP contribution in [0.1, 0.15) is 20.8 Å². The molecule has 1 aromatic heterocycles. The number of rotatable bonds is 2. The quantitative estimate of drug-likeness (QED) is 0.703. The molecule has 1 aromatic rings. The first-order valence-corrected chi connectivity index (χ1v) is 5.44. The van der Waals surface area contributed by atoms with E-state index in [0.29, 0.717) is 18.7 Å². The van der Waals surface area contributed by atoms with E-state index in [1.165, 1.54) is 12.3 Å². The van der Waals surface area contributed by atoms with Crippen molar-refractivity contribution in [3.8, 4) is 0 Å². The van der Waals surface area contributed by atoms with Crippen molar-refractivity contribution in [3.05, 3.63) is 29.6 Å². The second-order valence-electron chi connectivity index (χ2n) is 3.84. The first-order valence-electron chi connectivity index (χ1n) is 5.44. The summed E-state index contributed by atoms with van der Waals surface area (Å²) in [5, 5.41) is 3.17. The zero-order valence-electron chi connectivity index (χ0n) is 9.35. The SMILES string of the molecule is NC(=O)c1ccc(C(=O)N2CCNCC2)cn1. The molecule has 0 unspecified atom stereocenters. The van der Waals surface area contributed by atoms with Crippen LogP contribution < -0.4 is 11.1 Å². The molecule has 1 aliphatic heterocycles. The van der Waals surface area contributed by atoms with Gasteiger partial charge in [0.1, 0.15) is 5.69 Å². The molecule has 0 aromatic carbocycles. The molecule has 0 radical (unpaired) electrons. The van der Waals surface area contributed by atoms with E-state index in [1.54, 1.807) is 11.0 Å². The number of hydrogen-bond donors (Lipinski definition) is 2. The van der Waals surface area contributed by atoms with Crippen LogP contribution in [0.5, 0.6) is 0 Å². The summed E-state index contributed by atoms with van der Waals surface area (Å²) in [6.45, 7) is 2.99. The molecule has 0 aliphatic carbocycles. The molecule has 0 atom stereocenters. The van der Waals surface area contributed by atoms with Crippen LogP contribution in [0.2, 0.25) is 0 Å². The molecule has 90 valence electrons. The summed E-state index contributed by atoms with van der Waals surface area (Å²) >= 11 is 0. The highest BCUT2D eigenvalue weighted by Gasteiger charge is 2.18. The van der Waals surface area contributed by atoms with E-state index in [-0.39, 0.29) is 11.6 Å². The molecular formula is C11H14N4O2. The maximum Gasteiger partial charge on any atom is 0.267 e. The molecule has 1 fully saturated rings. The summed E-state index contributed by atoms with van der Waals surface area (Å²) in [7, 11) is 0. The summed E-state index contributed by atoms with van der Waals surface area (Å²) in [4.78, 5) is 28.5. The summed E-state index contributed by atoms with van der Waals surface area (Å²) < 4.78 is 0. The molecule has 1 saturated heterocycles. The maximum absolute atomic E-state index is 12.0. The average molecular weight is 234 g/mol. The topological polar surface area (TPSA) is 88.3 Å². The Morgan fingerprint density at radius 1 is 1.29 bits per heavy atom. The number of nitrogens with zero attached hydrogens (tertiary/aromatic N) is 2. The van der Waals surface area contributed by atoms with Gasteiger partial charge in [0, 0.05) is 32.4 Å². The van der Waals surface area contributed by atoms with Crippen LogP contribution in [-0.4, -0.2) is 47.9 Å². The van der Waals surface area contributed by atoms with Gasteiger partial charge in [0.2, 0.25) is 0 Å². The summed E-state index contributed by atoms with van der Waals surface area (Å²) in [6.07, 6.45) is 1.39. The number of hydrogen-bond acceptors (Lipinski definition) is 4. The first-order chi connectivity index (χ1) is 8.18. The highest BCUT2D eigenvalue weighted by atomic mass is 16.2. The van der Waals surface area contributed by atoms with Crippen molar-refractivity contribution >= 4 is 11.8 Å². The molecular weight excluding hydrogens is 220 g/mol. The molecule has 2 amide bonds. The van der Waals surface area contributed by atoms with Crippen LogP contribution in [0.4, 0.5) is 0 Å². The highest BCUT2D eigenvalue weighted by Crippen LogP contribution is 2.05. The van der Waals surface area contributed by atoms with Crippen molar-refractivity contribution in [2.75, 3.05) is 26.2 Å². The van der Waals surface area contributed by atoms with Gasteiger partial charge in [-0.2, -0.15) is 0 Å². The smallest absolute Gasteiger partial charge is 0.267 e. The van der Waals surface area contributed by atoms with E-state index in [2.05, 4.69) is 10.3 Å². The monoisotopic (exact) mass is 234 g/mol. The van der Waals surface area contributed by atoms with Crippen LogP contribution in [0.3, 0.4) is 0 Å². The predicted molar refractivity (Wildman–Crippen MR) is 61.5 cm³/mol. The van der Waals surface area contributed by atoms with Crippen LogP contribution in [-0.2, 0) is 0 Å². The highest BCUT2D eigenvalue weighted by molar-refractivity contribution is 5.95. The number of piperazine rings is 1. The minimum Gasteiger partial charge on any atom is -0.364 e. The maximum atomic E-state index is 12.0. The summed E-state index contributed by atoms with van der Waals surface area (Å²) in [5.41, 5.74) is 5.73. The van der Waals surface area contributed by atoms with Crippen LogP contribution >= 0.6 is 0 Å². The molecule has 0 saturated carbocycles. The third-order valence-corrected chi connectivity index (χ3v) is 2.67. The average Bonchev–Trinajstić information content (AvgIpc) is 2.39. The van der Waals surface area contributed by atoms with Gasteiger partial charge in [-0.05, 0) is 12.1 Å². The number of carbonyl (C=O) groups is 2. The number of carbonyl (C=O) groups excluding carboxylic acids is 2. The van der Waals surface area contributed by atoms with Crippen LogP contribution in [0.25, 0.3) is 0 Å². The number of amides is 2. The van der Waals surface area contributed by atoms with E-state index in [1.807, 2.05) is 0 Å². The lowest BCUT2D eigenvalue weighted by atomic mass is 10.2. The molecule has 0 bridgehead atoms. The number of nitrogens with two attached hydrogens (primary N) is 1. The Kier molecular flexibility index (Phi) is 3.34. The Morgan fingerprint density at radius 3 is 2.53 bits per heavy atom. The zero-order chi connectivity index (χ0) is 12.3. The Balaban J connectivity index is 2.10. The number of pyridine rings is 1. The largest absolute Gasteiger partial charge is 0.364 e. The van der Waals surface area contributed by atoms with Crippen molar-refractivity contribution in [2.45, 2.75) is 0 Å². The van der Waals surface area contributed by atoms with Gasteiger partial charge in [0.15, 0.2) is 0 Å². The lowest BCUT2D eigenvalue weighted by molar-refractivity contribution is 0.0734. The van der Waals surface area contributed by atoms with Gasteiger partial charge in [-0.1, -0.05) is 0 Å². The predicted octanol–water partition coefficient (Wildman–Crippen LogP) is -0.774. The van der Waals surface area contributed by atoms with Crippen molar-refractivity contribution in [3.63, 3.8) is 0 Å². The second-order valence-corrected chi connectivity index (χ2v) is 3.84. The number of primary amides is 1. The van der Waals surface area contributed by atoms with Gasteiger partial charge in [-0.3, -0.25) is 14.6 Å². The lowest BCUT2D eigenvalue weighted by Gasteiger charge is -2.27. The molecule has 17 heavy (non-hydrogen) atoms. The zero-order valence-corrected chi connectivity index (χ0v) is 9.35. The Hall–Kier alpha value is -1.95. The fourth-order valence-electron chi connectivity index (χ4n) is 1.72. The van der Waals surface area contributed by atoms with E-state index >= 15 is 0 Å². The Morgan fingerprint density at radius 2 is 2.00 bits per heavy atom. The van der Waals surface area contributed by atoms with Gasteiger partial charge in [0.05, 0.1) is 5.56 Å². The fourth-order valence-corrected chi connectivity index (χ4v) is 1.72. The van der Waals surface area contributed by atoms with Crippen molar-refractivity contribution in [1.29, 1.82) is 0 Å². The Bertz CT molecular complexity index is 424. The first kappa shape index (κ1) is 11.5. The van der Waals surface area contributed by atoms with Crippen molar-refractivity contribution in [1.82, 2.24) is 15.2 Å². The normalized spacial score (nSPS) is 15.6. The van der Waals surface area contributed by atoms with E-state index < -0.39 is 5.91 Å². The van der Waals surface area contributed by atoms with Crippen molar-refractivity contribution in [2.24, 2.45) is 5.73 Å². The minimum atomic E-state index is -0.592. The minimum absolute atomic E-state index is 0.0602. The second kappa shape index (κ2) is 4.92. The molecule has 1 aliphatic rings. The number of aromatic nitrogens is 1. The molecule has 6 nitrogen and oxygen atoms in total. The van der Waals surface area contributed by atoms with Crippen LogP contribution in [0, 0.1) is 0 Å².